The topological polar surface area (TPSA) is 108 Å². The summed E-state index contributed by atoms with van der Waals surface area (Å²) in [5, 5.41) is 8.25. The number of piperidine rings is 1. The highest BCUT2D eigenvalue weighted by molar-refractivity contribution is 6.05. The SMILES string of the molecule is C[C@H]1CC[C@@H](NC(=O)NCc2ccc3c(c2)CN(C2CCC(=O)NC2=O)C3=O)CC1. The third kappa shape index (κ3) is 4.32. The van der Waals surface area contributed by atoms with E-state index in [0.717, 1.165) is 42.7 Å². The first-order chi connectivity index (χ1) is 14.4. The van der Waals surface area contributed by atoms with Crippen LogP contribution >= 0.6 is 0 Å². The summed E-state index contributed by atoms with van der Waals surface area (Å²) in [5.74, 6) is -0.166. The number of hydrogen-bond donors (Lipinski definition) is 3. The standard InChI is InChI=1S/C22H28N4O4/c1-13-2-5-16(6-3-13)24-22(30)23-11-14-4-7-17-15(10-14)12-26(21(17)29)18-8-9-19(27)25-20(18)28/h4,7,10,13,16,18H,2-3,5-6,8-9,11-12H2,1H3,(H2,23,24,30)(H,25,27,28)/t13-,16+,18?. The van der Waals surface area contributed by atoms with Gasteiger partial charge in [0.15, 0.2) is 0 Å². The maximum atomic E-state index is 12.7. The quantitative estimate of drug-likeness (QED) is 0.656. The van der Waals surface area contributed by atoms with Gasteiger partial charge < -0.3 is 15.5 Å². The Morgan fingerprint density at radius 1 is 1.13 bits per heavy atom. The Labute approximate surface area is 175 Å². The lowest BCUT2D eigenvalue weighted by molar-refractivity contribution is -0.136. The van der Waals surface area contributed by atoms with E-state index in [1.165, 1.54) is 4.90 Å². The van der Waals surface area contributed by atoms with Crippen molar-refractivity contribution in [1.82, 2.24) is 20.9 Å². The smallest absolute Gasteiger partial charge is 0.315 e. The Kier molecular flexibility index (Phi) is 5.74. The highest BCUT2D eigenvalue weighted by Crippen LogP contribution is 2.28. The summed E-state index contributed by atoms with van der Waals surface area (Å²) in [7, 11) is 0. The van der Waals surface area contributed by atoms with Gasteiger partial charge in [-0.25, -0.2) is 4.79 Å². The molecule has 1 saturated heterocycles. The van der Waals surface area contributed by atoms with Crippen molar-refractivity contribution in [2.24, 2.45) is 5.92 Å². The number of hydrogen-bond acceptors (Lipinski definition) is 4. The van der Waals surface area contributed by atoms with Crippen LogP contribution in [0.4, 0.5) is 4.79 Å². The first kappa shape index (κ1) is 20.4. The van der Waals surface area contributed by atoms with Crippen molar-refractivity contribution in [2.75, 3.05) is 0 Å². The van der Waals surface area contributed by atoms with Crippen LogP contribution in [-0.2, 0) is 22.7 Å². The zero-order chi connectivity index (χ0) is 21.3. The molecule has 160 valence electrons. The lowest BCUT2D eigenvalue weighted by Gasteiger charge is -2.29. The maximum Gasteiger partial charge on any atom is 0.315 e. The van der Waals surface area contributed by atoms with Crippen molar-refractivity contribution in [1.29, 1.82) is 0 Å². The van der Waals surface area contributed by atoms with Crippen LogP contribution in [0.3, 0.4) is 0 Å². The Balaban J connectivity index is 1.33. The summed E-state index contributed by atoms with van der Waals surface area (Å²) < 4.78 is 0. The van der Waals surface area contributed by atoms with Crippen molar-refractivity contribution >= 4 is 23.8 Å². The van der Waals surface area contributed by atoms with Gasteiger partial charge in [-0.2, -0.15) is 0 Å². The third-order valence-corrected chi connectivity index (χ3v) is 6.39. The minimum absolute atomic E-state index is 0.170. The molecule has 3 N–H and O–H groups in total. The van der Waals surface area contributed by atoms with Crippen LogP contribution in [-0.4, -0.2) is 40.7 Å². The van der Waals surface area contributed by atoms with E-state index < -0.39 is 11.9 Å². The number of benzene rings is 1. The molecule has 3 aliphatic rings. The highest BCUT2D eigenvalue weighted by atomic mass is 16.2. The predicted molar refractivity (Wildman–Crippen MR) is 109 cm³/mol. The van der Waals surface area contributed by atoms with Crippen LogP contribution in [0, 0.1) is 5.92 Å². The number of nitrogens with zero attached hydrogens (tertiary/aromatic N) is 1. The van der Waals surface area contributed by atoms with E-state index in [0.29, 0.717) is 25.1 Å². The molecule has 8 heteroatoms. The third-order valence-electron chi connectivity index (χ3n) is 6.39. The van der Waals surface area contributed by atoms with Gasteiger partial charge in [0, 0.05) is 31.1 Å². The van der Waals surface area contributed by atoms with Gasteiger partial charge in [0.05, 0.1) is 0 Å². The lowest BCUT2D eigenvalue weighted by atomic mass is 9.87. The van der Waals surface area contributed by atoms with Gasteiger partial charge in [-0.15, -0.1) is 0 Å². The Morgan fingerprint density at radius 2 is 1.90 bits per heavy atom. The van der Waals surface area contributed by atoms with Crippen molar-refractivity contribution in [2.45, 2.75) is 70.6 Å². The minimum Gasteiger partial charge on any atom is -0.335 e. The molecule has 2 fully saturated rings. The number of nitrogens with one attached hydrogen (secondary N) is 3. The van der Waals surface area contributed by atoms with Crippen LogP contribution in [0.5, 0.6) is 0 Å². The monoisotopic (exact) mass is 412 g/mol. The van der Waals surface area contributed by atoms with E-state index in [4.69, 9.17) is 0 Å². The molecule has 0 spiro atoms. The van der Waals surface area contributed by atoms with Crippen LogP contribution in [0.15, 0.2) is 18.2 Å². The zero-order valence-electron chi connectivity index (χ0n) is 17.2. The Hall–Kier alpha value is -2.90. The summed E-state index contributed by atoms with van der Waals surface area (Å²) in [5.41, 5.74) is 2.31. The van der Waals surface area contributed by atoms with Crippen molar-refractivity contribution in [3.63, 3.8) is 0 Å². The molecule has 1 aromatic carbocycles. The molecule has 2 heterocycles. The number of carbonyl (C=O) groups is 4. The maximum absolute atomic E-state index is 12.7. The molecule has 0 radical (unpaired) electrons. The number of imide groups is 1. The Morgan fingerprint density at radius 3 is 2.63 bits per heavy atom. The van der Waals surface area contributed by atoms with Crippen molar-refractivity contribution in [3.8, 4) is 0 Å². The van der Waals surface area contributed by atoms with Crippen molar-refractivity contribution in [3.05, 3.63) is 34.9 Å². The van der Waals surface area contributed by atoms with Gasteiger partial charge in [-0.05, 0) is 55.2 Å². The van der Waals surface area contributed by atoms with Gasteiger partial charge >= 0.3 is 6.03 Å². The van der Waals surface area contributed by atoms with Crippen LogP contribution in [0.1, 0.15) is 66.9 Å². The van der Waals surface area contributed by atoms with Gasteiger partial charge in [0.25, 0.3) is 5.91 Å². The number of urea groups is 1. The van der Waals surface area contributed by atoms with Crippen LogP contribution < -0.4 is 16.0 Å². The average molecular weight is 412 g/mol. The molecule has 0 aromatic heterocycles. The van der Waals surface area contributed by atoms with E-state index >= 15 is 0 Å². The molecule has 30 heavy (non-hydrogen) atoms. The van der Waals surface area contributed by atoms with Crippen molar-refractivity contribution < 1.29 is 19.2 Å². The molecule has 8 nitrogen and oxygen atoms in total. The fourth-order valence-corrected chi connectivity index (χ4v) is 4.56. The summed E-state index contributed by atoms with van der Waals surface area (Å²) in [6, 6.07) is 4.93. The first-order valence-corrected chi connectivity index (χ1v) is 10.7. The van der Waals surface area contributed by atoms with Gasteiger partial charge in [0.1, 0.15) is 6.04 Å². The van der Waals surface area contributed by atoms with Gasteiger partial charge in [0.2, 0.25) is 11.8 Å². The van der Waals surface area contributed by atoms with Crippen LogP contribution in [0.25, 0.3) is 0 Å². The molecule has 1 aromatic rings. The van der Waals surface area contributed by atoms with Gasteiger partial charge in [-0.1, -0.05) is 19.1 Å². The zero-order valence-corrected chi connectivity index (χ0v) is 17.2. The summed E-state index contributed by atoms with van der Waals surface area (Å²) in [6.45, 7) is 2.95. The van der Waals surface area contributed by atoms with E-state index in [-0.39, 0.29) is 30.3 Å². The fourth-order valence-electron chi connectivity index (χ4n) is 4.56. The Bertz CT molecular complexity index is 876. The van der Waals surface area contributed by atoms with E-state index in [9.17, 15) is 19.2 Å². The number of rotatable bonds is 4. The van der Waals surface area contributed by atoms with Gasteiger partial charge in [-0.3, -0.25) is 19.7 Å². The largest absolute Gasteiger partial charge is 0.335 e. The minimum atomic E-state index is -0.617. The van der Waals surface area contributed by atoms with Crippen LogP contribution in [0.2, 0.25) is 0 Å². The number of carbonyl (C=O) groups excluding carboxylic acids is 4. The second-order valence-electron chi connectivity index (χ2n) is 8.68. The molecular formula is C22H28N4O4. The molecule has 5 amide bonds. The average Bonchev–Trinajstić information content (AvgIpc) is 3.04. The second-order valence-corrected chi connectivity index (χ2v) is 8.68. The summed E-state index contributed by atoms with van der Waals surface area (Å²) in [4.78, 5) is 50.0. The summed E-state index contributed by atoms with van der Waals surface area (Å²) in [6.07, 6.45) is 4.91. The predicted octanol–water partition coefficient (Wildman–Crippen LogP) is 1.83. The lowest BCUT2D eigenvalue weighted by Crippen LogP contribution is -2.52. The molecule has 4 rings (SSSR count). The fraction of sp³-hybridized carbons (Fsp3) is 0.545. The second kappa shape index (κ2) is 8.45. The molecule has 2 aliphatic heterocycles. The first-order valence-electron chi connectivity index (χ1n) is 10.7. The summed E-state index contributed by atoms with van der Waals surface area (Å²) >= 11 is 0. The number of fused-ring (bicyclic) bond motifs is 1. The molecule has 1 unspecified atom stereocenters. The molecular weight excluding hydrogens is 384 g/mol. The molecule has 1 atom stereocenters. The van der Waals surface area contributed by atoms with E-state index in [1.54, 1.807) is 6.07 Å². The molecule has 1 saturated carbocycles. The molecule has 0 bridgehead atoms. The molecule has 1 aliphatic carbocycles. The van der Waals surface area contributed by atoms with E-state index in [1.807, 2.05) is 12.1 Å². The van der Waals surface area contributed by atoms with E-state index in [2.05, 4.69) is 22.9 Å². The normalized spacial score (nSPS) is 26.2. The highest BCUT2D eigenvalue weighted by Gasteiger charge is 2.39. The number of amides is 5.